The maximum atomic E-state index is 6.74. The monoisotopic (exact) mass is 812 g/mol. The maximum Gasteiger partial charge on any atom is 0.132 e. The minimum absolute atomic E-state index is 0.0641. The van der Waals surface area contributed by atoms with Gasteiger partial charge in [0, 0.05) is 38.5 Å². The van der Waals surface area contributed by atoms with E-state index < -0.39 is 0 Å². The summed E-state index contributed by atoms with van der Waals surface area (Å²) in [6.07, 6.45) is 4.93. The lowest BCUT2D eigenvalue weighted by Crippen LogP contribution is -2.25. The van der Waals surface area contributed by atoms with E-state index in [-0.39, 0.29) is 16.2 Å². The van der Waals surface area contributed by atoms with E-state index in [0.29, 0.717) is 0 Å². The molecule has 2 aliphatic carbocycles. The normalized spacial score (nSPS) is 16.6. The van der Waals surface area contributed by atoms with Crippen LogP contribution in [-0.2, 0) is 16.2 Å². The molecule has 1 fully saturated rings. The number of fused-ring (bicyclic) bond motifs is 11. The fourth-order valence-electron chi connectivity index (χ4n) is 12.8. The molecule has 0 saturated heterocycles. The Morgan fingerprint density at radius 2 is 0.746 bits per heavy atom. The Bertz CT molecular complexity index is 3240. The average molecular weight is 813 g/mol. The molecule has 1 spiro atoms. The average Bonchev–Trinajstić information content (AvgIpc) is 3.91. The van der Waals surface area contributed by atoms with Crippen molar-refractivity contribution >= 4 is 21.5 Å². The van der Waals surface area contributed by atoms with E-state index in [1.165, 1.54) is 125 Å². The van der Waals surface area contributed by atoms with Crippen LogP contribution in [0.5, 0.6) is 23.0 Å². The topological polar surface area (TPSA) is 18.5 Å². The summed E-state index contributed by atoms with van der Waals surface area (Å²) in [4.78, 5) is 0. The molecule has 0 N–H and O–H groups in total. The number of para-hydroxylation sites is 2. The highest BCUT2D eigenvalue weighted by Crippen LogP contribution is 2.61. The Morgan fingerprint density at radius 1 is 0.333 bits per heavy atom. The minimum atomic E-state index is -0.293. The lowest BCUT2D eigenvalue weighted by Gasteiger charge is -2.36. The minimum Gasteiger partial charge on any atom is -0.457 e. The van der Waals surface area contributed by atoms with E-state index in [4.69, 9.17) is 9.47 Å². The molecule has 0 unspecified atom stereocenters. The smallest absolute Gasteiger partial charge is 0.132 e. The number of rotatable bonds is 3. The summed E-state index contributed by atoms with van der Waals surface area (Å²) in [5.74, 6) is 3.71. The Kier molecular flexibility index (Phi) is 7.62. The fraction of sp³-hybridized carbons (Fsp3) is 0.180. The molecule has 9 aromatic carbocycles. The van der Waals surface area contributed by atoms with E-state index in [1.54, 1.807) is 0 Å². The van der Waals surface area contributed by atoms with E-state index >= 15 is 0 Å². The predicted molar refractivity (Wildman–Crippen MR) is 260 cm³/mol. The molecule has 2 aliphatic heterocycles. The molecule has 2 heterocycles. The highest BCUT2D eigenvalue weighted by molar-refractivity contribution is 6.21. The Balaban J connectivity index is 1.15. The van der Waals surface area contributed by atoms with Gasteiger partial charge < -0.3 is 9.47 Å². The van der Waals surface area contributed by atoms with Crippen molar-refractivity contribution in [1.82, 2.24) is 0 Å². The Hall–Kier alpha value is -6.90. The molecule has 9 aromatic rings. The van der Waals surface area contributed by atoms with Crippen molar-refractivity contribution in [2.24, 2.45) is 0 Å². The van der Waals surface area contributed by atoms with E-state index in [2.05, 4.69) is 198 Å². The first-order valence-electron chi connectivity index (χ1n) is 22.8. The van der Waals surface area contributed by atoms with Crippen LogP contribution in [0.25, 0.3) is 66.1 Å². The van der Waals surface area contributed by atoms with Crippen LogP contribution in [0.1, 0.15) is 86.8 Å². The summed E-state index contributed by atoms with van der Waals surface area (Å²) in [7, 11) is 0. The number of ether oxygens (including phenoxy) is 2. The van der Waals surface area contributed by atoms with Crippen LogP contribution in [-0.4, -0.2) is 0 Å². The van der Waals surface area contributed by atoms with Gasteiger partial charge in [-0.25, -0.2) is 0 Å². The van der Waals surface area contributed by atoms with Crippen molar-refractivity contribution in [2.45, 2.75) is 69.6 Å². The van der Waals surface area contributed by atoms with Gasteiger partial charge in [-0.3, -0.25) is 0 Å². The quantitative estimate of drug-likeness (QED) is 0.165. The number of hydrogen-bond acceptors (Lipinski definition) is 2. The van der Waals surface area contributed by atoms with Gasteiger partial charge in [0.2, 0.25) is 0 Å². The summed E-state index contributed by atoms with van der Waals surface area (Å²) in [6, 6.07) is 63.3. The van der Waals surface area contributed by atoms with Gasteiger partial charge in [0.15, 0.2) is 0 Å². The summed E-state index contributed by atoms with van der Waals surface area (Å²) >= 11 is 0. The molecule has 1 saturated carbocycles. The first kappa shape index (κ1) is 36.7. The van der Waals surface area contributed by atoms with Gasteiger partial charge in [0.1, 0.15) is 23.0 Å². The van der Waals surface area contributed by atoms with Gasteiger partial charge in [-0.15, -0.1) is 0 Å². The van der Waals surface area contributed by atoms with Crippen LogP contribution in [0.2, 0.25) is 0 Å². The Labute approximate surface area is 369 Å². The van der Waals surface area contributed by atoms with Gasteiger partial charge in [0.05, 0.1) is 0 Å². The summed E-state index contributed by atoms with van der Waals surface area (Å²) in [5.41, 5.74) is 17.6. The molecule has 4 aliphatic rings. The van der Waals surface area contributed by atoms with Crippen molar-refractivity contribution in [3.8, 4) is 67.5 Å². The third-order valence-electron chi connectivity index (χ3n) is 15.5. The molecule has 0 aromatic heterocycles. The third-order valence-corrected chi connectivity index (χ3v) is 15.5. The molecular weight excluding hydrogens is 765 g/mol. The van der Waals surface area contributed by atoms with Gasteiger partial charge in [-0.1, -0.05) is 180 Å². The number of benzene rings is 9. The van der Waals surface area contributed by atoms with E-state index in [9.17, 15) is 0 Å². The largest absolute Gasteiger partial charge is 0.457 e. The second kappa shape index (κ2) is 13.1. The first-order valence-corrected chi connectivity index (χ1v) is 22.8. The van der Waals surface area contributed by atoms with Crippen molar-refractivity contribution < 1.29 is 9.47 Å². The van der Waals surface area contributed by atoms with Gasteiger partial charge in [-0.05, 0) is 120 Å². The standard InChI is InChI=1S/C61H48O2/c1-59(2)48-27-7-9-30-51(48)62-53-32-16-23-41(57(53)59)37-19-13-21-39-45(37)36-46-38(42-24-17-33-54-58(42)60(3,4)49-28-8-10-31-52(49)63-54)20-14-22-40(46)55(39)44-25-15-29-50-56(44)43-18-5-6-26-47(43)61(50)34-11-12-35-61/h5-10,13-33,36H,11-12,34-35H2,1-4H3. The molecule has 13 rings (SSSR count). The van der Waals surface area contributed by atoms with Gasteiger partial charge in [-0.2, -0.15) is 0 Å². The van der Waals surface area contributed by atoms with E-state index in [0.717, 1.165) is 23.0 Å². The SMILES string of the molecule is CC1(C)c2ccccc2Oc2cccc(-c3cccc4c(-c5cccc6c5-c5ccccc5C65CCCC5)c5cccc(-c6cccc7c6C(C)(C)c6ccccc6O7)c5cc34)c21. The second-order valence-electron chi connectivity index (χ2n) is 19.4. The molecular formula is C61H48O2. The van der Waals surface area contributed by atoms with Crippen molar-refractivity contribution in [2.75, 3.05) is 0 Å². The zero-order chi connectivity index (χ0) is 42.2. The predicted octanol–water partition coefficient (Wildman–Crippen LogP) is 16.7. The van der Waals surface area contributed by atoms with Crippen LogP contribution in [0, 0.1) is 0 Å². The van der Waals surface area contributed by atoms with Crippen molar-refractivity contribution in [3.63, 3.8) is 0 Å². The maximum absolute atomic E-state index is 6.74. The first-order chi connectivity index (χ1) is 30.8. The molecule has 304 valence electrons. The van der Waals surface area contributed by atoms with Crippen LogP contribution >= 0.6 is 0 Å². The highest BCUT2D eigenvalue weighted by atomic mass is 16.5. The number of hydrogen-bond donors (Lipinski definition) is 0. The van der Waals surface area contributed by atoms with Crippen molar-refractivity contribution in [3.05, 3.63) is 203 Å². The van der Waals surface area contributed by atoms with Gasteiger partial charge >= 0.3 is 0 Å². The van der Waals surface area contributed by atoms with Crippen LogP contribution in [0.3, 0.4) is 0 Å². The lowest BCUT2D eigenvalue weighted by molar-refractivity contribution is 0.418. The second-order valence-corrected chi connectivity index (χ2v) is 19.4. The fourth-order valence-corrected chi connectivity index (χ4v) is 12.8. The Morgan fingerprint density at radius 3 is 1.32 bits per heavy atom. The molecule has 0 radical (unpaired) electrons. The lowest BCUT2D eigenvalue weighted by atomic mass is 9.72. The van der Waals surface area contributed by atoms with Crippen molar-refractivity contribution in [1.29, 1.82) is 0 Å². The third kappa shape index (κ3) is 4.95. The zero-order valence-corrected chi connectivity index (χ0v) is 36.3. The molecule has 2 nitrogen and oxygen atoms in total. The van der Waals surface area contributed by atoms with Crippen LogP contribution in [0.4, 0.5) is 0 Å². The van der Waals surface area contributed by atoms with Crippen LogP contribution in [0.15, 0.2) is 170 Å². The molecule has 0 bridgehead atoms. The zero-order valence-electron chi connectivity index (χ0n) is 36.3. The van der Waals surface area contributed by atoms with Crippen LogP contribution < -0.4 is 9.47 Å². The summed E-state index contributed by atoms with van der Waals surface area (Å²) < 4.78 is 13.5. The van der Waals surface area contributed by atoms with E-state index in [1.807, 2.05) is 0 Å². The molecule has 0 amide bonds. The molecule has 63 heavy (non-hydrogen) atoms. The van der Waals surface area contributed by atoms with Gasteiger partial charge in [0.25, 0.3) is 0 Å². The summed E-state index contributed by atoms with van der Waals surface area (Å²) in [6.45, 7) is 9.41. The summed E-state index contributed by atoms with van der Waals surface area (Å²) in [5, 5.41) is 4.99. The molecule has 2 heteroatoms. The molecule has 0 atom stereocenters. The highest BCUT2D eigenvalue weighted by Gasteiger charge is 2.46.